The third-order valence-electron chi connectivity index (χ3n) is 4.53. The lowest BCUT2D eigenvalue weighted by molar-refractivity contribution is -0.0685. The fourth-order valence-electron chi connectivity index (χ4n) is 3.41. The predicted molar refractivity (Wildman–Crippen MR) is 98.3 cm³/mol. The zero-order valence-corrected chi connectivity index (χ0v) is 15.0. The summed E-state index contributed by atoms with van der Waals surface area (Å²) in [7, 11) is 3.92. The number of likely N-dealkylation sites (N-methyl/N-ethyl adjacent to an activating group) is 1. The molecule has 26 heavy (non-hydrogen) atoms. The van der Waals surface area contributed by atoms with Crippen molar-refractivity contribution in [1.82, 2.24) is 9.80 Å². The van der Waals surface area contributed by atoms with E-state index in [0.29, 0.717) is 19.7 Å². The quantitative estimate of drug-likeness (QED) is 0.879. The molecule has 1 fully saturated rings. The Morgan fingerprint density at radius 1 is 1.12 bits per heavy atom. The van der Waals surface area contributed by atoms with Gasteiger partial charge >= 0.3 is 0 Å². The summed E-state index contributed by atoms with van der Waals surface area (Å²) >= 11 is 0. The van der Waals surface area contributed by atoms with Gasteiger partial charge in [0.1, 0.15) is 17.1 Å². The van der Waals surface area contributed by atoms with Gasteiger partial charge in [0, 0.05) is 13.1 Å². The van der Waals surface area contributed by atoms with Crippen LogP contribution in [0, 0.1) is 0 Å². The molecule has 138 valence electrons. The largest absolute Gasteiger partial charge is 0.507 e. The molecule has 2 aromatic rings. The summed E-state index contributed by atoms with van der Waals surface area (Å²) in [5, 5.41) is 20.2. The van der Waals surface area contributed by atoms with Crippen LogP contribution in [0.2, 0.25) is 0 Å². The van der Waals surface area contributed by atoms with Crippen LogP contribution in [-0.4, -0.2) is 65.8 Å². The smallest absolute Gasteiger partial charge is 0.262 e. The highest BCUT2D eigenvalue weighted by Gasteiger charge is 2.38. The number of morpholine rings is 1. The van der Waals surface area contributed by atoms with Crippen LogP contribution in [0.1, 0.15) is 22.0 Å². The number of hydrogen-bond donors (Lipinski definition) is 2. The summed E-state index contributed by atoms with van der Waals surface area (Å²) in [6.07, 6.45) is -0.210. The maximum Gasteiger partial charge on any atom is 0.262 e. The van der Waals surface area contributed by atoms with Crippen molar-refractivity contribution in [3.8, 4) is 11.5 Å². The predicted octanol–water partition coefficient (Wildman–Crippen LogP) is 2.24. The van der Waals surface area contributed by atoms with Crippen LogP contribution in [0.5, 0.6) is 11.5 Å². The Bertz CT molecular complexity index is 743. The lowest BCUT2D eigenvalue weighted by Crippen LogP contribution is -2.51. The van der Waals surface area contributed by atoms with E-state index in [9.17, 15) is 15.0 Å². The van der Waals surface area contributed by atoms with E-state index in [0.717, 1.165) is 5.56 Å². The van der Waals surface area contributed by atoms with E-state index >= 15 is 0 Å². The van der Waals surface area contributed by atoms with Crippen molar-refractivity contribution in [2.24, 2.45) is 0 Å². The van der Waals surface area contributed by atoms with Gasteiger partial charge in [-0.1, -0.05) is 36.4 Å². The molecule has 1 heterocycles. The maximum absolute atomic E-state index is 13.2. The molecule has 1 aliphatic heterocycles. The molecule has 2 aromatic carbocycles. The third-order valence-corrected chi connectivity index (χ3v) is 4.53. The molecule has 1 saturated heterocycles. The van der Waals surface area contributed by atoms with Crippen LogP contribution in [0.3, 0.4) is 0 Å². The van der Waals surface area contributed by atoms with Gasteiger partial charge < -0.3 is 24.7 Å². The molecule has 0 unspecified atom stereocenters. The molecule has 6 heteroatoms. The van der Waals surface area contributed by atoms with Gasteiger partial charge in [0.15, 0.2) is 0 Å². The lowest BCUT2D eigenvalue weighted by atomic mass is 9.96. The second kappa shape index (κ2) is 7.76. The van der Waals surface area contributed by atoms with Crippen LogP contribution in [0.15, 0.2) is 48.5 Å². The Labute approximate surface area is 153 Å². The molecule has 0 saturated carbocycles. The number of carbonyl (C=O) groups is 1. The molecule has 0 aromatic heterocycles. The van der Waals surface area contributed by atoms with E-state index in [4.69, 9.17) is 4.74 Å². The summed E-state index contributed by atoms with van der Waals surface area (Å²) in [5.74, 6) is -0.851. The van der Waals surface area contributed by atoms with E-state index in [2.05, 4.69) is 0 Å². The number of amides is 1. The van der Waals surface area contributed by atoms with Crippen LogP contribution in [0.25, 0.3) is 0 Å². The summed E-state index contributed by atoms with van der Waals surface area (Å²) < 4.78 is 5.97. The zero-order valence-electron chi connectivity index (χ0n) is 15.0. The Morgan fingerprint density at radius 3 is 2.38 bits per heavy atom. The Hall–Kier alpha value is -2.57. The van der Waals surface area contributed by atoms with Crippen molar-refractivity contribution < 1.29 is 19.7 Å². The van der Waals surface area contributed by atoms with Gasteiger partial charge in [0.2, 0.25) is 0 Å². The summed E-state index contributed by atoms with van der Waals surface area (Å²) in [6.45, 7) is 1.44. The Kier molecular flexibility index (Phi) is 5.44. The van der Waals surface area contributed by atoms with Crippen molar-refractivity contribution >= 4 is 5.91 Å². The molecule has 0 radical (unpaired) electrons. The van der Waals surface area contributed by atoms with Gasteiger partial charge in [0.25, 0.3) is 5.91 Å². The second-order valence-electron chi connectivity index (χ2n) is 6.70. The van der Waals surface area contributed by atoms with E-state index < -0.39 is 5.91 Å². The minimum absolute atomic E-state index is 0.0704. The molecule has 0 spiro atoms. The highest BCUT2D eigenvalue weighted by atomic mass is 16.5. The molecule has 0 aliphatic carbocycles. The van der Waals surface area contributed by atoms with Crippen LogP contribution >= 0.6 is 0 Å². The minimum atomic E-state index is -0.401. The minimum Gasteiger partial charge on any atom is -0.507 e. The van der Waals surface area contributed by atoms with Crippen molar-refractivity contribution in [3.05, 3.63) is 59.7 Å². The number of hydrogen-bond acceptors (Lipinski definition) is 5. The topological polar surface area (TPSA) is 73.2 Å². The van der Waals surface area contributed by atoms with Crippen LogP contribution in [-0.2, 0) is 4.74 Å². The number of benzene rings is 2. The van der Waals surface area contributed by atoms with E-state index in [1.807, 2.05) is 49.3 Å². The zero-order chi connectivity index (χ0) is 18.7. The molecule has 6 nitrogen and oxygen atoms in total. The van der Waals surface area contributed by atoms with Crippen molar-refractivity contribution in [2.45, 2.75) is 12.1 Å². The Balaban J connectivity index is 2.01. The average molecular weight is 356 g/mol. The first-order valence-corrected chi connectivity index (χ1v) is 8.62. The van der Waals surface area contributed by atoms with Crippen LogP contribution in [0.4, 0.5) is 0 Å². The van der Waals surface area contributed by atoms with Gasteiger partial charge in [-0.05, 0) is 31.8 Å². The van der Waals surface area contributed by atoms with Gasteiger partial charge in [-0.15, -0.1) is 0 Å². The fraction of sp³-hybridized carbons (Fsp3) is 0.350. The summed E-state index contributed by atoms with van der Waals surface area (Å²) in [4.78, 5) is 16.9. The monoisotopic (exact) mass is 356 g/mol. The average Bonchev–Trinajstić information content (AvgIpc) is 2.61. The van der Waals surface area contributed by atoms with Gasteiger partial charge in [-0.2, -0.15) is 0 Å². The number of phenols is 2. The molecule has 0 bridgehead atoms. The molecule has 3 rings (SSSR count). The second-order valence-corrected chi connectivity index (χ2v) is 6.70. The first-order valence-electron chi connectivity index (χ1n) is 8.62. The van der Waals surface area contributed by atoms with E-state index in [1.54, 1.807) is 4.90 Å². The van der Waals surface area contributed by atoms with E-state index in [-0.39, 0.29) is 29.2 Å². The molecule has 2 N–H and O–H groups in total. The number of phenolic OH excluding ortho intramolecular Hbond substituents is 2. The lowest BCUT2D eigenvalue weighted by Gasteiger charge is -2.42. The first kappa shape index (κ1) is 18.2. The van der Waals surface area contributed by atoms with Crippen molar-refractivity contribution in [2.75, 3.05) is 33.8 Å². The Morgan fingerprint density at radius 2 is 1.77 bits per heavy atom. The molecular weight excluding hydrogens is 332 g/mol. The van der Waals surface area contributed by atoms with Gasteiger partial charge in [-0.25, -0.2) is 0 Å². The van der Waals surface area contributed by atoms with Crippen molar-refractivity contribution in [1.29, 1.82) is 0 Å². The standard InChI is InChI=1S/C20H24N2O4/c1-21(2)13-17-19(14-7-4-3-5-8-14)22(11-12-26-17)20(25)18-15(23)9-6-10-16(18)24/h3-10,17,19,23-24H,11-13H2,1-2H3/t17-,19-/m0/s1. The van der Waals surface area contributed by atoms with Gasteiger partial charge in [0.05, 0.1) is 18.8 Å². The van der Waals surface area contributed by atoms with Crippen molar-refractivity contribution in [3.63, 3.8) is 0 Å². The number of ether oxygens (including phenoxy) is 1. The fourth-order valence-corrected chi connectivity index (χ4v) is 3.41. The highest BCUT2D eigenvalue weighted by Crippen LogP contribution is 2.35. The SMILES string of the molecule is CN(C)C[C@@H]1OCCN(C(=O)c2c(O)cccc2O)[C@H]1c1ccccc1. The molecule has 2 atom stereocenters. The number of aromatic hydroxyl groups is 2. The molecular formula is C20H24N2O4. The molecule has 1 aliphatic rings. The van der Waals surface area contributed by atoms with Gasteiger partial charge in [-0.3, -0.25) is 4.79 Å². The maximum atomic E-state index is 13.2. The molecule has 1 amide bonds. The third kappa shape index (κ3) is 3.66. The number of rotatable bonds is 4. The normalized spacial score (nSPS) is 20.3. The summed E-state index contributed by atoms with van der Waals surface area (Å²) in [5.41, 5.74) is 0.890. The number of nitrogens with zero attached hydrogens (tertiary/aromatic N) is 2. The van der Waals surface area contributed by atoms with Crippen LogP contribution < -0.4 is 0 Å². The number of carbonyl (C=O) groups excluding carboxylic acids is 1. The van der Waals surface area contributed by atoms with E-state index in [1.165, 1.54) is 18.2 Å². The highest BCUT2D eigenvalue weighted by molar-refractivity contribution is 5.99. The first-order chi connectivity index (χ1) is 12.5. The summed E-state index contributed by atoms with van der Waals surface area (Å²) in [6, 6.07) is 13.7.